The molecule has 0 aromatic heterocycles. The molecule has 0 aliphatic carbocycles. The van der Waals surface area contributed by atoms with Gasteiger partial charge in [-0.05, 0) is 123 Å². The summed E-state index contributed by atoms with van der Waals surface area (Å²) in [5.41, 5.74) is 2.67. The molecule has 3 aromatic rings. The van der Waals surface area contributed by atoms with Gasteiger partial charge in [-0.3, -0.25) is 4.79 Å². The Labute approximate surface area is 322 Å². The summed E-state index contributed by atoms with van der Waals surface area (Å²) >= 11 is 0. The first kappa shape index (κ1) is 44.2. The lowest BCUT2D eigenvalue weighted by Gasteiger charge is -2.34. The summed E-state index contributed by atoms with van der Waals surface area (Å²) in [6.07, 6.45) is 11.6. The van der Waals surface area contributed by atoms with E-state index in [1.54, 1.807) is 30.3 Å². The maximum Gasteiger partial charge on any atom is 0.343 e. The highest BCUT2D eigenvalue weighted by atomic mass is 28.4. The molecule has 7 nitrogen and oxygen atoms in total. The van der Waals surface area contributed by atoms with Crippen LogP contribution in [0.5, 0.6) is 17.2 Å². The molecule has 0 N–H and O–H groups in total. The summed E-state index contributed by atoms with van der Waals surface area (Å²) in [5.74, 6) is 2.10. The van der Waals surface area contributed by atoms with Crippen molar-refractivity contribution in [3.63, 3.8) is 0 Å². The fourth-order valence-electron chi connectivity index (χ4n) is 6.07. The van der Waals surface area contributed by atoms with Crippen LogP contribution in [0, 0.1) is 5.92 Å². The van der Waals surface area contributed by atoms with E-state index in [0.717, 1.165) is 60.8 Å². The van der Waals surface area contributed by atoms with Crippen molar-refractivity contribution < 1.29 is 32.3 Å². The smallest absolute Gasteiger partial charge is 0.343 e. The summed E-state index contributed by atoms with van der Waals surface area (Å²) in [5, 5.41) is 0. The molecule has 0 saturated heterocycles. The van der Waals surface area contributed by atoms with Crippen LogP contribution in [0.2, 0.25) is 32.2 Å². The third-order valence-electron chi connectivity index (χ3n) is 9.57. The Morgan fingerprint density at radius 3 is 1.75 bits per heavy atom. The molecule has 53 heavy (non-hydrogen) atoms. The molecule has 292 valence electrons. The molecule has 0 spiro atoms. The number of benzene rings is 3. The lowest BCUT2D eigenvalue weighted by Crippen LogP contribution is -2.46. The standard InChI is InChI=1S/C44H66O7Si2/c1-9-12-14-16-29-47-40-23-18-36(19-24-40)43(45)33-38-22-27-42(50-44(46)37-20-25-41(26-21-37)48-30-17-15-13-10-2)32-39(38)34-49-53(7,8)51-52(5,6)31-28-35(4)11-3/h18-27,32,35H,9-17,28-31,33-34H2,1-8H3. The van der Waals surface area contributed by atoms with E-state index in [0.29, 0.717) is 36.0 Å². The molecule has 0 heterocycles. The van der Waals surface area contributed by atoms with Crippen LogP contribution in [0.1, 0.15) is 124 Å². The van der Waals surface area contributed by atoms with Gasteiger partial charge in [0.2, 0.25) is 0 Å². The Balaban J connectivity index is 1.73. The molecule has 1 unspecified atom stereocenters. The molecule has 0 radical (unpaired) electrons. The molecule has 0 saturated carbocycles. The predicted molar refractivity (Wildman–Crippen MR) is 221 cm³/mol. The fraction of sp³-hybridized carbons (Fsp3) is 0.545. The van der Waals surface area contributed by atoms with Crippen molar-refractivity contribution in [2.45, 2.75) is 137 Å². The highest BCUT2D eigenvalue weighted by molar-refractivity contribution is 6.82. The maximum atomic E-state index is 13.6. The third kappa shape index (κ3) is 16.8. The predicted octanol–water partition coefficient (Wildman–Crippen LogP) is 12.1. The van der Waals surface area contributed by atoms with Crippen molar-refractivity contribution in [1.82, 2.24) is 0 Å². The number of carbonyl (C=O) groups excluding carboxylic acids is 2. The van der Waals surface area contributed by atoms with E-state index in [1.807, 2.05) is 36.4 Å². The van der Waals surface area contributed by atoms with Gasteiger partial charge in [-0.25, -0.2) is 4.79 Å². The van der Waals surface area contributed by atoms with Gasteiger partial charge in [0.1, 0.15) is 17.2 Å². The molecule has 0 aliphatic heterocycles. The Morgan fingerprint density at radius 1 is 0.660 bits per heavy atom. The Kier molecular flexibility index (Phi) is 19.0. The minimum absolute atomic E-state index is 0.00972. The second-order valence-electron chi connectivity index (χ2n) is 15.4. The summed E-state index contributed by atoms with van der Waals surface area (Å²) in [6.45, 7) is 19.2. The van der Waals surface area contributed by atoms with E-state index in [-0.39, 0.29) is 18.8 Å². The number of unbranched alkanes of at least 4 members (excludes halogenated alkanes) is 6. The van der Waals surface area contributed by atoms with Gasteiger partial charge in [-0.15, -0.1) is 0 Å². The van der Waals surface area contributed by atoms with Crippen molar-refractivity contribution in [3.8, 4) is 17.2 Å². The third-order valence-corrected chi connectivity index (χ3v) is 16.1. The quantitative estimate of drug-likeness (QED) is 0.0265. The molecular formula is C44H66O7Si2. The molecule has 0 amide bonds. The van der Waals surface area contributed by atoms with Crippen molar-refractivity contribution in [1.29, 1.82) is 0 Å². The van der Waals surface area contributed by atoms with Crippen LogP contribution in [0.25, 0.3) is 0 Å². The van der Waals surface area contributed by atoms with Gasteiger partial charge < -0.3 is 22.8 Å². The van der Waals surface area contributed by atoms with E-state index >= 15 is 0 Å². The number of hydrogen-bond acceptors (Lipinski definition) is 7. The molecular weight excluding hydrogens is 697 g/mol. The zero-order chi connectivity index (χ0) is 38.7. The Morgan fingerprint density at radius 2 is 1.21 bits per heavy atom. The van der Waals surface area contributed by atoms with Crippen LogP contribution in [0.4, 0.5) is 0 Å². The molecule has 3 rings (SSSR count). The van der Waals surface area contributed by atoms with Crippen molar-refractivity contribution in [2.75, 3.05) is 13.2 Å². The maximum absolute atomic E-state index is 13.6. The van der Waals surface area contributed by atoms with Crippen molar-refractivity contribution >= 4 is 28.6 Å². The SMILES string of the molecule is CCCCCCOc1ccc(C(=O)Cc2ccc(OC(=O)c3ccc(OCCCCCC)cc3)cc2CO[Si](C)(C)O[Si](C)(C)CCC(C)CC)cc1. The van der Waals surface area contributed by atoms with Gasteiger partial charge in [-0.1, -0.05) is 85.1 Å². The Bertz CT molecular complexity index is 1520. The summed E-state index contributed by atoms with van der Waals surface area (Å²) in [7, 11) is -4.49. The van der Waals surface area contributed by atoms with Crippen LogP contribution in [0.3, 0.4) is 0 Å². The second-order valence-corrected chi connectivity index (χ2v) is 23.3. The summed E-state index contributed by atoms with van der Waals surface area (Å²) in [4.78, 5) is 26.7. The van der Waals surface area contributed by atoms with E-state index in [9.17, 15) is 9.59 Å². The number of ketones is 1. The molecule has 3 aromatic carbocycles. The fourth-order valence-corrected chi connectivity index (χ4v) is 13.7. The molecule has 0 bridgehead atoms. The highest BCUT2D eigenvalue weighted by Crippen LogP contribution is 2.27. The zero-order valence-electron chi connectivity index (χ0n) is 33.9. The minimum Gasteiger partial charge on any atom is -0.494 e. The van der Waals surface area contributed by atoms with E-state index < -0.39 is 22.8 Å². The average molecular weight is 763 g/mol. The number of rotatable bonds is 26. The number of hydrogen-bond donors (Lipinski definition) is 0. The van der Waals surface area contributed by atoms with Gasteiger partial charge in [0.25, 0.3) is 0 Å². The lowest BCUT2D eigenvalue weighted by molar-refractivity contribution is 0.0733. The van der Waals surface area contributed by atoms with E-state index in [1.165, 1.54) is 32.1 Å². The minimum atomic E-state index is -2.54. The first-order chi connectivity index (χ1) is 25.3. The first-order valence-electron chi connectivity index (χ1n) is 20.0. The van der Waals surface area contributed by atoms with Gasteiger partial charge >= 0.3 is 14.5 Å². The normalized spacial score (nSPS) is 12.4. The van der Waals surface area contributed by atoms with Crippen LogP contribution < -0.4 is 14.2 Å². The number of ether oxygens (including phenoxy) is 3. The molecule has 0 aliphatic rings. The van der Waals surface area contributed by atoms with Crippen LogP contribution >= 0.6 is 0 Å². The summed E-state index contributed by atoms with van der Waals surface area (Å²) < 4.78 is 30.9. The average Bonchev–Trinajstić information content (AvgIpc) is 3.13. The van der Waals surface area contributed by atoms with E-state index in [4.69, 9.17) is 22.8 Å². The van der Waals surface area contributed by atoms with Gasteiger partial charge in [-0.2, -0.15) is 0 Å². The van der Waals surface area contributed by atoms with Crippen LogP contribution in [-0.4, -0.2) is 41.8 Å². The summed E-state index contributed by atoms with van der Waals surface area (Å²) in [6, 6.07) is 21.0. The first-order valence-corrected chi connectivity index (χ1v) is 25.9. The van der Waals surface area contributed by atoms with Gasteiger partial charge in [0.15, 0.2) is 14.1 Å². The lowest BCUT2D eigenvalue weighted by atomic mass is 9.98. The molecule has 1 atom stereocenters. The van der Waals surface area contributed by atoms with E-state index in [2.05, 4.69) is 53.9 Å². The number of carbonyl (C=O) groups is 2. The van der Waals surface area contributed by atoms with Gasteiger partial charge in [0, 0.05) is 12.0 Å². The largest absolute Gasteiger partial charge is 0.494 e. The topological polar surface area (TPSA) is 80.3 Å². The highest BCUT2D eigenvalue weighted by Gasteiger charge is 2.35. The number of esters is 1. The van der Waals surface area contributed by atoms with Crippen LogP contribution in [0.15, 0.2) is 66.7 Å². The van der Waals surface area contributed by atoms with Gasteiger partial charge in [0.05, 0.1) is 25.4 Å². The monoisotopic (exact) mass is 762 g/mol. The van der Waals surface area contributed by atoms with Crippen molar-refractivity contribution in [3.05, 3.63) is 89.0 Å². The molecule has 0 fully saturated rings. The number of Topliss-reactive ketones (excluding diaryl/α,β-unsaturated/α-hetero) is 1. The second kappa shape index (κ2) is 22.9. The zero-order valence-corrected chi connectivity index (χ0v) is 35.9. The Hall–Kier alpha value is -3.25. The van der Waals surface area contributed by atoms with Crippen LogP contribution in [-0.2, 0) is 21.6 Å². The van der Waals surface area contributed by atoms with Crippen molar-refractivity contribution in [2.24, 2.45) is 5.92 Å². The molecule has 9 heteroatoms.